The first-order chi connectivity index (χ1) is 16.2. The number of amides is 3. The van der Waals surface area contributed by atoms with Crippen LogP contribution in [0.15, 0.2) is 53.1 Å². The van der Waals surface area contributed by atoms with Gasteiger partial charge in [0.05, 0.1) is 0 Å². The average molecular weight is 471 g/mol. The molecule has 1 fully saturated rings. The van der Waals surface area contributed by atoms with Gasteiger partial charge in [0.15, 0.2) is 0 Å². The molecule has 8 nitrogen and oxygen atoms in total. The second kappa shape index (κ2) is 8.15. The Morgan fingerprint density at radius 1 is 1.15 bits per heavy atom. The zero-order chi connectivity index (χ0) is 24.0. The van der Waals surface area contributed by atoms with Gasteiger partial charge in [-0.15, -0.1) is 0 Å². The third-order valence-electron chi connectivity index (χ3n) is 6.38. The number of fused-ring (bicyclic) bond motifs is 1. The van der Waals surface area contributed by atoms with Crippen molar-refractivity contribution in [3.8, 4) is 11.4 Å². The summed E-state index contributed by atoms with van der Waals surface area (Å²) in [7, 11) is 0. The number of hydrogen-bond acceptors (Lipinski definition) is 5. The van der Waals surface area contributed by atoms with E-state index in [4.69, 9.17) is 5.73 Å². The summed E-state index contributed by atoms with van der Waals surface area (Å²) >= 11 is 0. The highest BCUT2D eigenvalue weighted by molar-refractivity contribution is 5.99. The number of rotatable bonds is 3. The molecule has 1 unspecified atom stereocenters. The summed E-state index contributed by atoms with van der Waals surface area (Å²) < 4.78 is 42.8. The van der Waals surface area contributed by atoms with Gasteiger partial charge in [-0.05, 0) is 23.6 Å². The van der Waals surface area contributed by atoms with Crippen molar-refractivity contribution in [1.82, 2.24) is 19.9 Å². The zero-order valence-corrected chi connectivity index (χ0v) is 17.8. The number of halogens is 3. The van der Waals surface area contributed by atoms with E-state index in [0.717, 1.165) is 11.1 Å². The molecule has 2 aliphatic rings. The minimum atomic E-state index is -4.75. The Labute approximate surface area is 192 Å². The van der Waals surface area contributed by atoms with Gasteiger partial charge in [-0.3, -0.25) is 4.79 Å². The van der Waals surface area contributed by atoms with Crippen LogP contribution in [0.25, 0.3) is 11.4 Å². The molecular weight excluding hydrogens is 451 g/mol. The summed E-state index contributed by atoms with van der Waals surface area (Å²) in [6, 6.07) is 13.7. The lowest BCUT2D eigenvalue weighted by Crippen LogP contribution is -2.52. The molecule has 5 rings (SSSR count). The van der Waals surface area contributed by atoms with Crippen LogP contribution in [0, 0.1) is 0 Å². The highest BCUT2D eigenvalue weighted by Crippen LogP contribution is 2.37. The van der Waals surface area contributed by atoms with E-state index < -0.39 is 18.1 Å². The van der Waals surface area contributed by atoms with E-state index in [0.29, 0.717) is 31.6 Å². The summed E-state index contributed by atoms with van der Waals surface area (Å²) in [5.74, 6) is -2.04. The Morgan fingerprint density at radius 2 is 1.91 bits per heavy atom. The van der Waals surface area contributed by atoms with Crippen LogP contribution in [-0.4, -0.2) is 51.0 Å². The van der Waals surface area contributed by atoms with E-state index in [2.05, 4.69) is 14.7 Å². The predicted octanol–water partition coefficient (Wildman–Crippen LogP) is 3.65. The van der Waals surface area contributed by atoms with Gasteiger partial charge >= 0.3 is 18.1 Å². The van der Waals surface area contributed by atoms with Crippen LogP contribution in [0.5, 0.6) is 0 Å². The van der Waals surface area contributed by atoms with E-state index in [-0.39, 0.29) is 29.3 Å². The van der Waals surface area contributed by atoms with Gasteiger partial charge in [0.1, 0.15) is 0 Å². The van der Waals surface area contributed by atoms with Gasteiger partial charge in [0.25, 0.3) is 5.91 Å². The third-order valence-corrected chi connectivity index (χ3v) is 6.38. The average Bonchev–Trinajstić information content (AvgIpc) is 3.45. The molecule has 176 valence electrons. The van der Waals surface area contributed by atoms with Crippen LogP contribution >= 0.6 is 0 Å². The standard InChI is InChI=1S/C23H20F3N5O3/c24-23(25,26)21-28-19(29-34-21)14-6-7-15-11-31(20(32)16(15)10-14)18-8-9-30(22(27)33)12-17(18)13-4-2-1-3-5-13/h1-7,10,17-18H,8-9,11-12H2,(H2,27,33)/t17-,18?/m0/s1. The highest BCUT2D eigenvalue weighted by Gasteiger charge is 2.41. The van der Waals surface area contributed by atoms with Gasteiger partial charge in [0.2, 0.25) is 5.82 Å². The van der Waals surface area contributed by atoms with Crippen molar-refractivity contribution in [2.24, 2.45) is 5.73 Å². The summed E-state index contributed by atoms with van der Waals surface area (Å²) in [6.45, 7) is 1.18. The number of carbonyl (C=O) groups is 2. The molecule has 11 heteroatoms. The topological polar surface area (TPSA) is 106 Å². The molecule has 34 heavy (non-hydrogen) atoms. The Bertz CT molecular complexity index is 1240. The monoisotopic (exact) mass is 471 g/mol. The number of aromatic nitrogens is 2. The fourth-order valence-corrected chi connectivity index (χ4v) is 4.73. The van der Waals surface area contributed by atoms with Crippen molar-refractivity contribution >= 4 is 11.9 Å². The number of piperidine rings is 1. The van der Waals surface area contributed by atoms with Gasteiger partial charge in [-0.25, -0.2) is 4.79 Å². The van der Waals surface area contributed by atoms with E-state index in [1.807, 2.05) is 30.3 Å². The maximum atomic E-state index is 13.4. The molecule has 3 amide bonds. The quantitative estimate of drug-likeness (QED) is 0.628. The number of carbonyl (C=O) groups excluding carboxylic acids is 2. The molecule has 1 aromatic heterocycles. The number of primary amides is 1. The van der Waals surface area contributed by atoms with Crippen molar-refractivity contribution in [1.29, 1.82) is 0 Å². The molecule has 3 heterocycles. The molecule has 1 saturated heterocycles. The smallest absolute Gasteiger partial charge is 0.351 e. The van der Waals surface area contributed by atoms with Crippen LogP contribution < -0.4 is 5.73 Å². The third kappa shape index (κ3) is 3.87. The lowest BCUT2D eigenvalue weighted by Gasteiger charge is -2.42. The number of likely N-dealkylation sites (tertiary alicyclic amines) is 1. The lowest BCUT2D eigenvalue weighted by atomic mass is 9.85. The largest absolute Gasteiger partial charge is 0.471 e. The first kappa shape index (κ1) is 21.9. The fraction of sp³-hybridized carbons (Fsp3) is 0.304. The highest BCUT2D eigenvalue weighted by atomic mass is 19.4. The van der Waals surface area contributed by atoms with Crippen LogP contribution in [0.4, 0.5) is 18.0 Å². The van der Waals surface area contributed by atoms with Crippen LogP contribution in [-0.2, 0) is 12.7 Å². The van der Waals surface area contributed by atoms with Gasteiger partial charge in [-0.2, -0.15) is 18.2 Å². The summed E-state index contributed by atoms with van der Waals surface area (Å²) in [6.07, 6.45) is -4.20. The first-order valence-corrected chi connectivity index (χ1v) is 10.7. The molecule has 2 aromatic carbocycles. The van der Waals surface area contributed by atoms with Gasteiger partial charge < -0.3 is 20.1 Å². The summed E-state index contributed by atoms with van der Waals surface area (Å²) in [4.78, 5) is 32.0. The second-order valence-electron chi connectivity index (χ2n) is 8.38. The van der Waals surface area contributed by atoms with Gasteiger partial charge in [-0.1, -0.05) is 47.6 Å². The predicted molar refractivity (Wildman–Crippen MR) is 113 cm³/mol. The molecule has 2 aliphatic heterocycles. The van der Waals surface area contributed by atoms with Crippen molar-refractivity contribution in [3.05, 3.63) is 71.1 Å². The molecule has 0 bridgehead atoms. The Kier molecular flexibility index (Phi) is 5.26. The van der Waals surface area contributed by atoms with Crippen LogP contribution in [0.3, 0.4) is 0 Å². The number of benzene rings is 2. The maximum absolute atomic E-state index is 13.4. The molecular formula is C23H20F3N5O3. The minimum Gasteiger partial charge on any atom is -0.351 e. The fourth-order valence-electron chi connectivity index (χ4n) is 4.73. The number of urea groups is 1. The molecule has 0 saturated carbocycles. The lowest BCUT2D eigenvalue weighted by molar-refractivity contribution is -0.159. The normalized spacial score (nSPS) is 20.5. The molecule has 2 N–H and O–H groups in total. The molecule has 0 aliphatic carbocycles. The van der Waals surface area contributed by atoms with Crippen molar-refractivity contribution in [2.45, 2.75) is 31.1 Å². The van der Waals surface area contributed by atoms with Crippen molar-refractivity contribution < 1.29 is 27.3 Å². The van der Waals surface area contributed by atoms with E-state index >= 15 is 0 Å². The minimum absolute atomic E-state index is 0.133. The van der Waals surface area contributed by atoms with E-state index in [9.17, 15) is 22.8 Å². The summed E-state index contributed by atoms with van der Waals surface area (Å²) in [5, 5.41) is 3.41. The second-order valence-corrected chi connectivity index (χ2v) is 8.38. The Morgan fingerprint density at radius 3 is 2.59 bits per heavy atom. The first-order valence-electron chi connectivity index (χ1n) is 10.7. The van der Waals surface area contributed by atoms with Crippen molar-refractivity contribution in [3.63, 3.8) is 0 Å². The number of nitrogens with zero attached hydrogens (tertiary/aromatic N) is 4. The Hall–Kier alpha value is -3.89. The van der Waals surface area contributed by atoms with E-state index in [1.165, 1.54) is 6.07 Å². The molecule has 2 atom stereocenters. The van der Waals surface area contributed by atoms with Crippen molar-refractivity contribution in [2.75, 3.05) is 13.1 Å². The number of alkyl halides is 3. The summed E-state index contributed by atoms with van der Waals surface area (Å²) in [5.41, 5.74) is 7.93. The van der Waals surface area contributed by atoms with Crippen LogP contribution in [0.2, 0.25) is 0 Å². The zero-order valence-electron chi connectivity index (χ0n) is 17.8. The molecule has 3 aromatic rings. The van der Waals surface area contributed by atoms with Crippen LogP contribution in [0.1, 0.15) is 39.7 Å². The maximum Gasteiger partial charge on any atom is 0.471 e. The Balaban J connectivity index is 1.43. The van der Waals surface area contributed by atoms with E-state index in [1.54, 1.807) is 21.9 Å². The molecule has 0 spiro atoms. The number of hydrogen-bond donors (Lipinski definition) is 1. The van der Waals surface area contributed by atoms with Gasteiger partial charge in [0, 0.05) is 42.7 Å². The number of nitrogens with two attached hydrogens (primary N) is 1. The molecule has 0 radical (unpaired) electrons. The SMILES string of the molecule is NC(=O)N1CCC(N2Cc3ccc(-c4noc(C(F)(F)F)n4)cc3C2=O)[C@H](c2ccccc2)C1.